The summed E-state index contributed by atoms with van der Waals surface area (Å²) >= 11 is 0. The number of anilines is 2. The van der Waals surface area contributed by atoms with Gasteiger partial charge < -0.3 is 10.1 Å². The van der Waals surface area contributed by atoms with Crippen LogP contribution >= 0.6 is 0 Å². The van der Waals surface area contributed by atoms with E-state index < -0.39 is 0 Å². The highest BCUT2D eigenvalue weighted by atomic mass is 16.5. The van der Waals surface area contributed by atoms with Crippen LogP contribution in [0.3, 0.4) is 0 Å². The van der Waals surface area contributed by atoms with Crippen LogP contribution in [0, 0.1) is 0 Å². The molecule has 0 aliphatic heterocycles. The number of nitrogens with one attached hydrogen (secondary N) is 2. The quantitative estimate of drug-likeness (QED) is 0.359. The molecule has 0 saturated heterocycles. The Morgan fingerprint density at radius 2 is 1.94 bits per heavy atom. The fraction of sp³-hybridized carbons (Fsp3) is 0.667. The number of hydrogen-bond donors (Lipinski definition) is 3. The van der Waals surface area contributed by atoms with Gasteiger partial charge in [0.15, 0.2) is 0 Å². The molecule has 0 radical (unpaired) electrons. The highest BCUT2D eigenvalue weighted by Gasteiger charge is 2.04. The number of hydrogen-bond acceptors (Lipinski definition) is 7. The average Bonchev–Trinajstić information content (AvgIpc) is 2.34. The van der Waals surface area contributed by atoms with E-state index in [-0.39, 0.29) is 12.0 Å². The van der Waals surface area contributed by atoms with Crippen molar-refractivity contribution in [2.24, 2.45) is 5.84 Å². The molecule has 1 heterocycles. The Labute approximate surface area is 94.8 Å². The lowest BCUT2D eigenvalue weighted by Gasteiger charge is -2.07. The third kappa shape index (κ3) is 3.85. The molecular weight excluding hydrogens is 208 g/mol. The lowest BCUT2D eigenvalue weighted by Crippen LogP contribution is -2.14. The molecule has 1 aromatic heterocycles. The van der Waals surface area contributed by atoms with E-state index >= 15 is 0 Å². The monoisotopic (exact) mass is 226 g/mol. The van der Waals surface area contributed by atoms with Crippen molar-refractivity contribution in [2.45, 2.75) is 26.2 Å². The molecule has 7 heteroatoms. The highest BCUT2D eigenvalue weighted by molar-refractivity contribution is 5.34. The number of hydrazine groups is 1. The van der Waals surface area contributed by atoms with Gasteiger partial charge in [0.05, 0.1) is 7.11 Å². The Hall–Kier alpha value is -1.63. The second kappa shape index (κ2) is 6.78. The minimum atomic E-state index is 0.237. The van der Waals surface area contributed by atoms with Gasteiger partial charge in [0, 0.05) is 6.54 Å². The van der Waals surface area contributed by atoms with Crippen LogP contribution in [-0.2, 0) is 0 Å². The standard InChI is InChI=1S/C9H18N6O/c1-3-4-5-6-11-7-12-8(15-10)14-9(13-7)16-2/h3-6,10H2,1-2H3,(H2,11,12,13,14,15). The second-order valence-electron chi connectivity index (χ2n) is 3.25. The zero-order chi connectivity index (χ0) is 11.8. The lowest BCUT2D eigenvalue weighted by molar-refractivity contribution is 0.379. The molecule has 1 rings (SSSR count). The summed E-state index contributed by atoms with van der Waals surface area (Å²) in [5.74, 6) is 5.98. The van der Waals surface area contributed by atoms with Crippen LogP contribution in [0.5, 0.6) is 6.01 Å². The molecule has 4 N–H and O–H groups in total. The zero-order valence-corrected chi connectivity index (χ0v) is 9.66. The lowest BCUT2D eigenvalue weighted by atomic mass is 10.2. The first kappa shape index (κ1) is 12.4. The van der Waals surface area contributed by atoms with Crippen LogP contribution in [0.1, 0.15) is 26.2 Å². The van der Waals surface area contributed by atoms with Gasteiger partial charge in [-0.2, -0.15) is 15.0 Å². The van der Waals surface area contributed by atoms with Crippen LogP contribution in [-0.4, -0.2) is 28.6 Å². The van der Waals surface area contributed by atoms with Crippen LogP contribution in [0.15, 0.2) is 0 Å². The Morgan fingerprint density at radius 1 is 1.19 bits per heavy atom. The number of methoxy groups -OCH3 is 1. The van der Waals surface area contributed by atoms with Crippen molar-refractivity contribution in [2.75, 3.05) is 24.4 Å². The SMILES string of the molecule is CCCCCNc1nc(NN)nc(OC)n1. The third-order valence-corrected chi connectivity index (χ3v) is 1.99. The molecule has 0 aromatic carbocycles. The molecule has 0 unspecified atom stereocenters. The van der Waals surface area contributed by atoms with E-state index in [1.165, 1.54) is 20.0 Å². The van der Waals surface area contributed by atoms with Gasteiger partial charge in [-0.3, -0.25) is 5.43 Å². The van der Waals surface area contributed by atoms with Crippen molar-refractivity contribution < 1.29 is 4.74 Å². The first-order chi connectivity index (χ1) is 7.80. The summed E-state index contributed by atoms with van der Waals surface area (Å²) < 4.78 is 4.93. The van der Waals surface area contributed by atoms with Crippen molar-refractivity contribution >= 4 is 11.9 Å². The van der Waals surface area contributed by atoms with Gasteiger partial charge in [-0.15, -0.1) is 0 Å². The summed E-state index contributed by atoms with van der Waals surface area (Å²) in [4.78, 5) is 12.0. The minimum absolute atomic E-state index is 0.237. The number of ether oxygens (including phenoxy) is 1. The number of nitrogens with zero attached hydrogens (tertiary/aromatic N) is 3. The molecule has 0 bridgehead atoms. The molecule has 0 fully saturated rings. The molecular formula is C9H18N6O. The number of unbranched alkanes of at least 4 members (excludes halogenated alkanes) is 2. The Bertz CT molecular complexity index is 297. The van der Waals surface area contributed by atoms with Crippen LogP contribution in [0.4, 0.5) is 11.9 Å². The third-order valence-electron chi connectivity index (χ3n) is 1.99. The van der Waals surface area contributed by atoms with Crippen molar-refractivity contribution in [3.63, 3.8) is 0 Å². The van der Waals surface area contributed by atoms with Gasteiger partial charge in [-0.25, -0.2) is 5.84 Å². The van der Waals surface area contributed by atoms with Crippen molar-refractivity contribution in [1.29, 1.82) is 0 Å². The largest absolute Gasteiger partial charge is 0.467 e. The maximum Gasteiger partial charge on any atom is 0.322 e. The van der Waals surface area contributed by atoms with E-state index in [1.807, 2.05) is 0 Å². The Balaban J connectivity index is 2.57. The topological polar surface area (TPSA) is 98.0 Å². The van der Waals surface area contributed by atoms with E-state index in [1.54, 1.807) is 0 Å². The Kier molecular flexibility index (Phi) is 5.27. The van der Waals surface area contributed by atoms with Gasteiger partial charge in [-0.05, 0) is 6.42 Å². The minimum Gasteiger partial charge on any atom is -0.467 e. The summed E-state index contributed by atoms with van der Waals surface area (Å²) in [5, 5.41) is 3.09. The number of nitrogen functional groups attached to an aromatic ring is 1. The molecule has 16 heavy (non-hydrogen) atoms. The van der Waals surface area contributed by atoms with E-state index in [4.69, 9.17) is 10.6 Å². The summed E-state index contributed by atoms with van der Waals surface area (Å²) in [7, 11) is 1.50. The molecule has 0 amide bonds. The molecule has 0 spiro atoms. The highest BCUT2D eigenvalue weighted by Crippen LogP contribution is 2.09. The second-order valence-corrected chi connectivity index (χ2v) is 3.25. The number of rotatable bonds is 7. The van der Waals surface area contributed by atoms with E-state index in [0.717, 1.165) is 13.0 Å². The molecule has 0 saturated carbocycles. The predicted molar refractivity (Wildman–Crippen MR) is 62.2 cm³/mol. The molecule has 1 aromatic rings. The van der Waals surface area contributed by atoms with Crippen molar-refractivity contribution in [1.82, 2.24) is 15.0 Å². The fourth-order valence-electron chi connectivity index (χ4n) is 1.17. The summed E-state index contributed by atoms with van der Waals surface area (Å²) in [5.41, 5.74) is 2.36. The van der Waals surface area contributed by atoms with Gasteiger partial charge in [0.2, 0.25) is 11.9 Å². The van der Waals surface area contributed by atoms with Crippen LogP contribution < -0.4 is 21.3 Å². The van der Waals surface area contributed by atoms with Crippen molar-refractivity contribution in [3.05, 3.63) is 0 Å². The van der Waals surface area contributed by atoms with Crippen molar-refractivity contribution in [3.8, 4) is 6.01 Å². The summed E-state index contributed by atoms with van der Waals surface area (Å²) in [6.07, 6.45) is 3.44. The van der Waals surface area contributed by atoms with E-state index in [9.17, 15) is 0 Å². The van der Waals surface area contributed by atoms with E-state index in [0.29, 0.717) is 5.95 Å². The smallest absolute Gasteiger partial charge is 0.322 e. The average molecular weight is 226 g/mol. The Morgan fingerprint density at radius 3 is 2.56 bits per heavy atom. The van der Waals surface area contributed by atoms with Gasteiger partial charge in [0.1, 0.15) is 0 Å². The summed E-state index contributed by atoms with van der Waals surface area (Å²) in [6, 6.07) is 0.237. The first-order valence-electron chi connectivity index (χ1n) is 5.30. The summed E-state index contributed by atoms with van der Waals surface area (Å²) in [6.45, 7) is 2.98. The maximum absolute atomic E-state index is 5.23. The molecule has 7 nitrogen and oxygen atoms in total. The van der Waals surface area contributed by atoms with Gasteiger partial charge in [-0.1, -0.05) is 19.8 Å². The zero-order valence-electron chi connectivity index (χ0n) is 9.66. The molecule has 0 aliphatic rings. The predicted octanol–water partition coefficient (Wildman–Crippen LogP) is 0.768. The van der Waals surface area contributed by atoms with E-state index in [2.05, 4.69) is 32.6 Å². The van der Waals surface area contributed by atoms with Gasteiger partial charge >= 0.3 is 6.01 Å². The first-order valence-corrected chi connectivity index (χ1v) is 5.30. The molecule has 90 valence electrons. The number of aromatic nitrogens is 3. The normalized spacial score (nSPS) is 9.94. The molecule has 0 aliphatic carbocycles. The van der Waals surface area contributed by atoms with Gasteiger partial charge in [0.25, 0.3) is 0 Å². The molecule has 0 atom stereocenters. The van der Waals surface area contributed by atoms with Crippen LogP contribution in [0.25, 0.3) is 0 Å². The fourth-order valence-corrected chi connectivity index (χ4v) is 1.17. The maximum atomic E-state index is 5.23. The van der Waals surface area contributed by atoms with Crippen LogP contribution in [0.2, 0.25) is 0 Å². The number of nitrogens with two attached hydrogens (primary N) is 1.